The molecule has 2 unspecified atom stereocenters. The molecule has 4 heteroatoms. The van der Waals surface area contributed by atoms with Crippen LogP contribution >= 0.6 is 0 Å². The number of hydrogen-bond donors (Lipinski definition) is 0. The first-order valence-corrected chi connectivity index (χ1v) is 7.39. The van der Waals surface area contributed by atoms with Gasteiger partial charge in [-0.1, -0.05) is 26.7 Å². The van der Waals surface area contributed by atoms with Crippen molar-refractivity contribution in [3.8, 4) is 0 Å². The summed E-state index contributed by atoms with van der Waals surface area (Å²) in [6.45, 7) is 6.79. The summed E-state index contributed by atoms with van der Waals surface area (Å²) in [5.41, 5.74) is 0. The van der Waals surface area contributed by atoms with E-state index >= 15 is 0 Å². The van der Waals surface area contributed by atoms with Gasteiger partial charge in [0.05, 0.1) is 25.0 Å². The van der Waals surface area contributed by atoms with Crippen molar-refractivity contribution in [1.82, 2.24) is 0 Å². The molecule has 0 aromatic carbocycles. The largest absolute Gasteiger partial charge is 0.466 e. The molecule has 0 N–H and O–H groups in total. The summed E-state index contributed by atoms with van der Waals surface area (Å²) in [6.07, 6.45) is 4.31. The Balaban J connectivity index is 2.51. The lowest BCUT2D eigenvalue weighted by atomic mass is 9.79. The highest BCUT2D eigenvalue weighted by atomic mass is 16.5. The predicted molar refractivity (Wildman–Crippen MR) is 72.5 cm³/mol. The molecule has 0 saturated heterocycles. The Bertz CT molecular complexity index is 299. The molecule has 0 spiro atoms. The van der Waals surface area contributed by atoms with E-state index in [1.54, 1.807) is 6.92 Å². The quantitative estimate of drug-likeness (QED) is 0.696. The maximum Gasteiger partial charge on any atom is 0.309 e. The number of carbonyl (C=O) groups excluding carboxylic acids is 2. The molecule has 1 saturated carbocycles. The Hall–Kier alpha value is -1.06. The molecule has 4 nitrogen and oxygen atoms in total. The van der Waals surface area contributed by atoms with Gasteiger partial charge < -0.3 is 9.47 Å². The second-order valence-corrected chi connectivity index (χ2v) is 5.60. The highest BCUT2D eigenvalue weighted by molar-refractivity contribution is 5.82. The van der Waals surface area contributed by atoms with Gasteiger partial charge in [0, 0.05) is 0 Å². The van der Waals surface area contributed by atoms with Crippen LogP contribution in [0.1, 0.15) is 52.9 Å². The molecule has 1 aliphatic carbocycles. The van der Waals surface area contributed by atoms with Crippen molar-refractivity contribution >= 4 is 11.9 Å². The summed E-state index contributed by atoms with van der Waals surface area (Å²) in [7, 11) is 0. The molecule has 0 heterocycles. The Labute approximate surface area is 115 Å². The highest BCUT2D eigenvalue weighted by Crippen LogP contribution is 2.32. The van der Waals surface area contributed by atoms with Crippen molar-refractivity contribution < 1.29 is 19.1 Å². The molecule has 0 aromatic heterocycles. The summed E-state index contributed by atoms with van der Waals surface area (Å²) in [5.74, 6) is -0.563. The van der Waals surface area contributed by atoms with Gasteiger partial charge in [-0.3, -0.25) is 9.59 Å². The second kappa shape index (κ2) is 8.18. The Kier molecular flexibility index (Phi) is 6.89. The molecule has 1 aliphatic rings. The maximum atomic E-state index is 12.1. The maximum absolute atomic E-state index is 12.1. The molecule has 0 aliphatic heterocycles. The van der Waals surface area contributed by atoms with Gasteiger partial charge in [0.1, 0.15) is 0 Å². The monoisotopic (exact) mass is 270 g/mol. The fraction of sp³-hybridized carbons (Fsp3) is 0.867. The molecule has 0 bridgehead atoms. The average molecular weight is 270 g/mol. The third-order valence-corrected chi connectivity index (χ3v) is 3.60. The topological polar surface area (TPSA) is 52.6 Å². The van der Waals surface area contributed by atoms with Crippen LogP contribution in [0.3, 0.4) is 0 Å². The van der Waals surface area contributed by atoms with Crippen LogP contribution in [-0.4, -0.2) is 25.2 Å². The third kappa shape index (κ3) is 5.21. The standard InChI is InChI=1S/C15H26O4/c1-4-18-14(16)12-7-5-6-8-13(12)15(17)19-10-9-11(2)3/h11-13H,4-10H2,1-3H3. The molecular weight excluding hydrogens is 244 g/mol. The van der Waals surface area contributed by atoms with Gasteiger partial charge in [0.2, 0.25) is 0 Å². The van der Waals surface area contributed by atoms with Crippen LogP contribution in [0.5, 0.6) is 0 Å². The molecule has 1 rings (SSSR count). The van der Waals surface area contributed by atoms with E-state index < -0.39 is 0 Å². The van der Waals surface area contributed by atoms with Crippen LogP contribution in [0, 0.1) is 17.8 Å². The molecule has 110 valence electrons. The van der Waals surface area contributed by atoms with Crippen molar-refractivity contribution in [3.63, 3.8) is 0 Å². The normalized spacial score (nSPS) is 23.2. The van der Waals surface area contributed by atoms with Crippen molar-refractivity contribution in [2.24, 2.45) is 17.8 Å². The van der Waals surface area contributed by atoms with Crippen molar-refractivity contribution in [3.05, 3.63) is 0 Å². The minimum atomic E-state index is -0.306. The first-order chi connectivity index (χ1) is 9.06. The lowest BCUT2D eigenvalue weighted by Crippen LogP contribution is -2.35. The van der Waals surface area contributed by atoms with E-state index in [1.807, 2.05) is 0 Å². The van der Waals surface area contributed by atoms with E-state index in [-0.39, 0.29) is 23.8 Å². The average Bonchev–Trinajstić information content (AvgIpc) is 2.38. The summed E-state index contributed by atoms with van der Waals surface area (Å²) >= 11 is 0. The smallest absolute Gasteiger partial charge is 0.309 e. The predicted octanol–water partition coefficient (Wildman–Crippen LogP) is 2.95. The van der Waals surface area contributed by atoms with Crippen LogP contribution < -0.4 is 0 Å². The SMILES string of the molecule is CCOC(=O)C1CCCCC1C(=O)OCCC(C)C. The van der Waals surface area contributed by atoms with Crippen molar-refractivity contribution in [2.45, 2.75) is 52.9 Å². The fourth-order valence-corrected chi connectivity index (χ4v) is 2.45. The highest BCUT2D eigenvalue weighted by Gasteiger charge is 2.37. The van der Waals surface area contributed by atoms with E-state index in [9.17, 15) is 9.59 Å². The molecule has 2 atom stereocenters. The second-order valence-electron chi connectivity index (χ2n) is 5.60. The lowest BCUT2D eigenvalue weighted by molar-refractivity contribution is -0.162. The first kappa shape index (κ1) is 16.0. The van der Waals surface area contributed by atoms with Gasteiger partial charge in [0.15, 0.2) is 0 Å². The van der Waals surface area contributed by atoms with Gasteiger partial charge in [-0.15, -0.1) is 0 Å². The zero-order valence-electron chi connectivity index (χ0n) is 12.3. The van der Waals surface area contributed by atoms with Crippen LogP contribution in [-0.2, 0) is 19.1 Å². The molecule has 1 fully saturated rings. The van der Waals surface area contributed by atoms with Crippen LogP contribution in [0.4, 0.5) is 0 Å². The number of esters is 2. The minimum absolute atomic E-state index is 0.224. The molecule has 0 radical (unpaired) electrons. The van der Waals surface area contributed by atoms with Gasteiger partial charge in [-0.05, 0) is 32.1 Å². The third-order valence-electron chi connectivity index (χ3n) is 3.60. The fourth-order valence-electron chi connectivity index (χ4n) is 2.45. The molecule has 19 heavy (non-hydrogen) atoms. The van der Waals surface area contributed by atoms with Gasteiger partial charge in [0.25, 0.3) is 0 Å². The summed E-state index contributed by atoms with van der Waals surface area (Å²) in [4.78, 5) is 23.9. The summed E-state index contributed by atoms with van der Waals surface area (Å²) < 4.78 is 10.4. The Morgan fingerprint density at radius 2 is 1.58 bits per heavy atom. The Morgan fingerprint density at radius 3 is 2.05 bits per heavy atom. The number of carbonyl (C=O) groups is 2. The van der Waals surface area contributed by atoms with Crippen LogP contribution in [0.2, 0.25) is 0 Å². The van der Waals surface area contributed by atoms with Crippen molar-refractivity contribution in [2.75, 3.05) is 13.2 Å². The van der Waals surface area contributed by atoms with E-state index in [4.69, 9.17) is 9.47 Å². The first-order valence-electron chi connectivity index (χ1n) is 7.39. The van der Waals surface area contributed by atoms with Crippen molar-refractivity contribution in [1.29, 1.82) is 0 Å². The van der Waals surface area contributed by atoms with Gasteiger partial charge >= 0.3 is 11.9 Å². The molecular formula is C15H26O4. The van der Waals surface area contributed by atoms with Gasteiger partial charge in [-0.25, -0.2) is 0 Å². The van der Waals surface area contributed by atoms with E-state index in [1.165, 1.54) is 0 Å². The summed E-state index contributed by atoms with van der Waals surface area (Å²) in [5, 5.41) is 0. The van der Waals surface area contributed by atoms with E-state index in [0.717, 1.165) is 32.1 Å². The van der Waals surface area contributed by atoms with Gasteiger partial charge in [-0.2, -0.15) is 0 Å². The zero-order valence-corrected chi connectivity index (χ0v) is 12.3. The lowest BCUT2D eigenvalue weighted by Gasteiger charge is -2.28. The number of hydrogen-bond acceptors (Lipinski definition) is 4. The summed E-state index contributed by atoms with van der Waals surface area (Å²) in [6, 6.07) is 0. The molecule has 0 amide bonds. The number of rotatable bonds is 6. The minimum Gasteiger partial charge on any atom is -0.466 e. The Morgan fingerprint density at radius 1 is 1.05 bits per heavy atom. The zero-order chi connectivity index (χ0) is 14.3. The van der Waals surface area contributed by atoms with E-state index in [0.29, 0.717) is 19.1 Å². The van der Waals surface area contributed by atoms with Crippen LogP contribution in [0.25, 0.3) is 0 Å². The van der Waals surface area contributed by atoms with E-state index in [2.05, 4.69) is 13.8 Å². The van der Waals surface area contributed by atoms with Crippen LogP contribution in [0.15, 0.2) is 0 Å². The number of ether oxygens (including phenoxy) is 2. The molecule has 0 aromatic rings.